The van der Waals surface area contributed by atoms with Gasteiger partial charge in [-0.15, -0.1) is 0 Å². The van der Waals surface area contributed by atoms with E-state index in [-0.39, 0.29) is 0 Å². The summed E-state index contributed by atoms with van der Waals surface area (Å²) in [6.45, 7) is 0. The van der Waals surface area contributed by atoms with Crippen molar-refractivity contribution in [3.05, 3.63) is 23.8 Å². The van der Waals surface area contributed by atoms with Gasteiger partial charge in [-0.25, -0.2) is 0 Å². The van der Waals surface area contributed by atoms with Gasteiger partial charge in [-0.2, -0.15) is 0 Å². The Morgan fingerprint density at radius 1 is 1.00 bits per heavy atom. The molecule has 1 aromatic carbocycles. The van der Waals surface area contributed by atoms with Crippen LogP contribution in [0.5, 0.6) is 0 Å². The zero-order valence-electron chi connectivity index (χ0n) is 14.2. The maximum absolute atomic E-state index is 7.42. The largest absolute Gasteiger partial charge is 0.398 e. The number of nitrogens with two attached hydrogens (primary N) is 1. The summed E-state index contributed by atoms with van der Waals surface area (Å²) in [7, 11) is 0. The van der Waals surface area contributed by atoms with Gasteiger partial charge < -0.3 is 16.5 Å². The summed E-state index contributed by atoms with van der Waals surface area (Å²) in [5, 5.41) is 11.1. The van der Waals surface area contributed by atoms with Crippen molar-refractivity contribution in [2.24, 2.45) is 11.8 Å². The van der Waals surface area contributed by atoms with Gasteiger partial charge in [-0.3, -0.25) is 0 Å². The number of benzene rings is 1. The quantitative estimate of drug-likeness (QED) is 0.516. The number of nitrogens with one attached hydrogen (secondary N) is 2. The highest BCUT2D eigenvalue weighted by Gasteiger charge is 2.24. The third-order valence-electron chi connectivity index (χ3n) is 5.85. The van der Waals surface area contributed by atoms with Crippen LogP contribution in [0, 0.1) is 17.2 Å². The number of anilines is 2. The van der Waals surface area contributed by atoms with E-state index in [1.54, 1.807) is 0 Å². The molecule has 3 heteroatoms. The molecule has 0 amide bonds. The fourth-order valence-electron chi connectivity index (χ4n) is 4.46. The Morgan fingerprint density at radius 3 is 2.39 bits per heavy atom. The Morgan fingerprint density at radius 2 is 1.70 bits per heavy atom. The van der Waals surface area contributed by atoms with Crippen LogP contribution in [0.1, 0.15) is 69.8 Å². The van der Waals surface area contributed by atoms with Crippen LogP contribution in [0.25, 0.3) is 0 Å². The molecule has 0 spiro atoms. The Bertz CT molecular complexity index is 512. The van der Waals surface area contributed by atoms with Crippen LogP contribution in [0.2, 0.25) is 0 Å². The highest BCUT2D eigenvalue weighted by molar-refractivity contribution is 5.86. The molecule has 2 aliphatic rings. The fraction of sp³-hybridized carbons (Fsp3) is 0.650. The molecular weight excluding hydrogens is 282 g/mol. The second-order valence-electron chi connectivity index (χ2n) is 7.59. The van der Waals surface area contributed by atoms with E-state index in [0.29, 0.717) is 11.7 Å². The molecule has 3 rings (SSSR count). The minimum atomic E-state index is 0.583. The molecule has 2 saturated carbocycles. The first-order valence-corrected chi connectivity index (χ1v) is 9.41. The van der Waals surface area contributed by atoms with Crippen LogP contribution in [-0.2, 0) is 0 Å². The van der Waals surface area contributed by atoms with Gasteiger partial charge >= 0.3 is 0 Å². The van der Waals surface area contributed by atoms with Crippen molar-refractivity contribution < 1.29 is 0 Å². The van der Waals surface area contributed by atoms with Crippen LogP contribution in [0.4, 0.5) is 11.4 Å². The van der Waals surface area contributed by atoms with E-state index >= 15 is 0 Å². The molecule has 0 heterocycles. The molecule has 0 unspecified atom stereocenters. The number of nitrogen functional groups attached to an aromatic ring is 1. The van der Waals surface area contributed by atoms with Gasteiger partial charge in [0, 0.05) is 29.2 Å². The van der Waals surface area contributed by atoms with Crippen LogP contribution in [0.3, 0.4) is 0 Å². The molecule has 0 saturated heterocycles. The molecule has 3 nitrogen and oxygen atoms in total. The van der Waals surface area contributed by atoms with E-state index in [1.807, 2.05) is 18.2 Å². The lowest BCUT2D eigenvalue weighted by molar-refractivity contribution is 0.238. The predicted octanol–water partition coefficient (Wildman–Crippen LogP) is 5.21. The van der Waals surface area contributed by atoms with E-state index in [9.17, 15) is 0 Å². The first kappa shape index (κ1) is 16.4. The van der Waals surface area contributed by atoms with Crippen molar-refractivity contribution in [2.45, 2.75) is 70.3 Å². The van der Waals surface area contributed by atoms with Crippen LogP contribution in [0.15, 0.2) is 18.2 Å². The summed E-state index contributed by atoms with van der Waals surface area (Å²) in [5.74, 6) is 1.98. The summed E-state index contributed by atoms with van der Waals surface area (Å²) in [5.41, 5.74) is 8.45. The monoisotopic (exact) mass is 313 g/mol. The summed E-state index contributed by atoms with van der Waals surface area (Å²) < 4.78 is 0. The smallest absolute Gasteiger partial charge is 0.0404 e. The minimum absolute atomic E-state index is 0.583. The molecule has 2 fully saturated rings. The summed E-state index contributed by atoms with van der Waals surface area (Å²) in [4.78, 5) is 0. The maximum Gasteiger partial charge on any atom is 0.0404 e. The molecule has 0 radical (unpaired) electrons. The summed E-state index contributed by atoms with van der Waals surface area (Å²) in [6.07, 6.45) is 15.5. The van der Waals surface area contributed by atoms with E-state index in [4.69, 9.17) is 11.1 Å². The highest BCUT2D eigenvalue weighted by Crippen LogP contribution is 2.36. The van der Waals surface area contributed by atoms with Gasteiger partial charge in [-0.05, 0) is 62.1 Å². The van der Waals surface area contributed by atoms with Crippen LogP contribution < -0.4 is 11.1 Å². The SMILES string of the molecule is N=Cc1cc(NC2CCC(CC3CCCCC3)CC2)ccc1N. The standard InChI is InChI=1S/C20H31N3/c21-14-17-13-19(10-11-20(17)22)23-18-8-6-16(7-9-18)12-15-4-2-1-3-5-15/h10-11,13-16,18,21,23H,1-9,12,22H2. The molecule has 0 atom stereocenters. The van der Waals surface area contributed by atoms with E-state index in [1.165, 1.54) is 70.4 Å². The summed E-state index contributed by atoms with van der Waals surface area (Å²) >= 11 is 0. The Hall–Kier alpha value is -1.51. The van der Waals surface area contributed by atoms with E-state index in [2.05, 4.69) is 5.32 Å². The fourth-order valence-corrected chi connectivity index (χ4v) is 4.46. The molecule has 126 valence electrons. The second kappa shape index (κ2) is 7.85. The topological polar surface area (TPSA) is 61.9 Å². The van der Waals surface area contributed by atoms with Crippen molar-refractivity contribution in [2.75, 3.05) is 11.1 Å². The third kappa shape index (κ3) is 4.49. The van der Waals surface area contributed by atoms with E-state index in [0.717, 1.165) is 23.1 Å². The van der Waals surface area contributed by atoms with Gasteiger partial charge in [0.25, 0.3) is 0 Å². The maximum atomic E-state index is 7.42. The first-order valence-electron chi connectivity index (χ1n) is 9.41. The lowest BCUT2D eigenvalue weighted by Gasteiger charge is -2.33. The molecule has 0 aliphatic heterocycles. The minimum Gasteiger partial charge on any atom is -0.398 e. The van der Waals surface area contributed by atoms with Gasteiger partial charge in [0.05, 0.1) is 0 Å². The molecular formula is C20H31N3. The van der Waals surface area contributed by atoms with Crippen LogP contribution in [-0.4, -0.2) is 12.3 Å². The Balaban J connectivity index is 1.46. The molecule has 1 aromatic rings. The Kier molecular flexibility index (Phi) is 5.58. The third-order valence-corrected chi connectivity index (χ3v) is 5.85. The highest BCUT2D eigenvalue weighted by atomic mass is 14.9. The average Bonchev–Trinajstić information content (AvgIpc) is 2.59. The Labute approximate surface area is 140 Å². The first-order chi connectivity index (χ1) is 11.2. The molecule has 23 heavy (non-hydrogen) atoms. The van der Waals surface area contributed by atoms with Crippen LogP contribution >= 0.6 is 0 Å². The number of hydrogen-bond acceptors (Lipinski definition) is 3. The van der Waals surface area contributed by atoms with E-state index < -0.39 is 0 Å². The van der Waals surface area contributed by atoms with Gasteiger partial charge in [0.15, 0.2) is 0 Å². The lowest BCUT2D eigenvalue weighted by Crippen LogP contribution is -2.27. The predicted molar refractivity (Wildman–Crippen MR) is 99.3 cm³/mol. The average molecular weight is 313 g/mol. The molecule has 4 N–H and O–H groups in total. The van der Waals surface area contributed by atoms with Crippen molar-refractivity contribution in [1.82, 2.24) is 0 Å². The number of hydrogen-bond donors (Lipinski definition) is 3. The van der Waals surface area contributed by atoms with Crippen molar-refractivity contribution >= 4 is 17.6 Å². The number of rotatable bonds is 5. The zero-order valence-corrected chi connectivity index (χ0v) is 14.2. The zero-order chi connectivity index (χ0) is 16.1. The van der Waals surface area contributed by atoms with Crippen molar-refractivity contribution in [3.8, 4) is 0 Å². The van der Waals surface area contributed by atoms with Gasteiger partial charge in [0.2, 0.25) is 0 Å². The second-order valence-corrected chi connectivity index (χ2v) is 7.59. The van der Waals surface area contributed by atoms with Crippen molar-refractivity contribution in [1.29, 1.82) is 5.41 Å². The van der Waals surface area contributed by atoms with Crippen molar-refractivity contribution in [3.63, 3.8) is 0 Å². The normalized spacial score (nSPS) is 25.9. The lowest BCUT2D eigenvalue weighted by atomic mass is 9.76. The molecule has 0 aromatic heterocycles. The van der Waals surface area contributed by atoms with Gasteiger partial charge in [-0.1, -0.05) is 32.1 Å². The summed E-state index contributed by atoms with van der Waals surface area (Å²) in [6, 6.07) is 6.52. The molecule has 0 bridgehead atoms. The molecule has 2 aliphatic carbocycles. The van der Waals surface area contributed by atoms with Gasteiger partial charge in [0.1, 0.15) is 0 Å².